The van der Waals surface area contributed by atoms with Gasteiger partial charge in [0.25, 0.3) is 0 Å². The predicted octanol–water partition coefficient (Wildman–Crippen LogP) is 2.99. The van der Waals surface area contributed by atoms with E-state index >= 15 is 0 Å². The van der Waals surface area contributed by atoms with Gasteiger partial charge in [0.1, 0.15) is 0 Å². The van der Waals surface area contributed by atoms with Crippen LogP contribution in [0.4, 0.5) is 0 Å². The lowest BCUT2D eigenvalue weighted by Gasteiger charge is -2.33. The highest BCUT2D eigenvalue weighted by molar-refractivity contribution is 6.31. The van der Waals surface area contributed by atoms with Gasteiger partial charge in [-0.2, -0.15) is 0 Å². The number of halogens is 1. The molecule has 0 spiro atoms. The molecule has 1 fully saturated rings. The van der Waals surface area contributed by atoms with E-state index in [1.807, 2.05) is 43.0 Å². The van der Waals surface area contributed by atoms with Crippen LogP contribution < -0.4 is 5.73 Å². The molecular formula is C15H21ClN2O. The lowest BCUT2D eigenvalue weighted by molar-refractivity contribution is -0.140. The Balaban J connectivity index is 2.28. The molecule has 0 aliphatic carbocycles. The molecule has 1 aromatic carbocycles. The molecule has 0 saturated carbocycles. The van der Waals surface area contributed by atoms with E-state index in [0.717, 1.165) is 30.0 Å². The Morgan fingerprint density at radius 3 is 2.79 bits per heavy atom. The maximum Gasteiger partial charge on any atom is 0.230 e. The first-order chi connectivity index (χ1) is 8.97. The molecule has 1 heterocycles. The van der Waals surface area contributed by atoms with Crippen LogP contribution in [0.2, 0.25) is 5.02 Å². The molecule has 1 atom stereocenters. The third-order valence-corrected chi connectivity index (χ3v) is 4.21. The topological polar surface area (TPSA) is 46.3 Å². The number of hydrogen-bond acceptors (Lipinski definition) is 2. The van der Waals surface area contributed by atoms with Crippen molar-refractivity contribution in [2.75, 3.05) is 13.1 Å². The standard InChI is InChI=1S/C15H21ClN2O/c1-15(2,10-17)14(19)18-9-5-8-13(18)11-6-3-4-7-12(11)16/h3-4,6-7,13H,5,8-10,17H2,1-2H3. The first-order valence-electron chi connectivity index (χ1n) is 6.73. The third-order valence-electron chi connectivity index (χ3n) is 3.87. The van der Waals surface area contributed by atoms with Crippen LogP contribution >= 0.6 is 11.6 Å². The first-order valence-corrected chi connectivity index (χ1v) is 7.11. The number of benzene rings is 1. The number of carbonyl (C=O) groups is 1. The van der Waals surface area contributed by atoms with E-state index in [9.17, 15) is 4.79 Å². The van der Waals surface area contributed by atoms with Crippen LogP contribution in [-0.2, 0) is 4.79 Å². The largest absolute Gasteiger partial charge is 0.335 e. The smallest absolute Gasteiger partial charge is 0.230 e. The summed E-state index contributed by atoms with van der Waals surface area (Å²) in [6, 6.07) is 7.86. The van der Waals surface area contributed by atoms with Gasteiger partial charge in [0.15, 0.2) is 0 Å². The maximum absolute atomic E-state index is 12.6. The fourth-order valence-corrected chi connectivity index (χ4v) is 2.82. The highest BCUT2D eigenvalue weighted by Gasteiger charge is 2.37. The van der Waals surface area contributed by atoms with E-state index < -0.39 is 5.41 Å². The fourth-order valence-electron chi connectivity index (χ4n) is 2.55. The molecule has 0 radical (unpaired) electrons. The highest BCUT2D eigenvalue weighted by Crippen LogP contribution is 2.37. The van der Waals surface area contributed by atoms with Crippen molar-refractivity contribution in [3.63, 3.8) is 0 Å². The molecule has 1 aliphatic heterocycles. The van der Waals surface area contributed by atoms with Crippen molar-refractivity contribution in [2.45, 2.75) is 32.7 Å². The minimum absolute atomic E-state index is 0.0898. The molecule has 2 rings (SSSR count). The SMILES string of the molecule is CC(C)(CN)C(=O)N1CCCC1c1ccccc1Cl. The van der Waals surface area contributed by atoms with E-state index in [-0.39, 0.29) is 11.9 Å². The second-order valence-corrected chi connectivity index (χ2v) is 6.17. The summed E-state index contributed by atoms with van der Waals surface area (Å²) in [5, 5.41) is 0.734. The number of hydrogen-bond donors (Lipinski definition) is 1. The number of nitrogens with two attached hydrogens (primary N) is 1. The molecule has 4 heteroatoms. The van der Waals surface area contributed by atoms with Crippen LogP contribution in [0, 0.1) is 5.41 Å². The Morgan fingerprint density at radius 1 is 1.47 bits per heavy atom. The van der Waals surface area contributed by atoms with Crippen LogP contribution in [0.25, 0.3) is 0 Å². The highest BCUT2D eigenvalue weighted by atomic mass is 35.5. The normalized spacial score (nSPS) is 19.8. The summed E-state index contributed by atoms with van der Waals surface area (Å²) in [6.45, 7) is 4.95. The van der Waals surface area contributed by atoms with Crippen molar-refractivity contribution in [2.24, 2.45) is 11.1 Å². The minimum atomic E-state index is -0.510. The monoisotopic (exact) mass is 280 g/mol. The van der Waals surface area contributed by atoms with Gasteiger partial charge in [0, 0.05) is 18.1 Å². The van der Waals surface area contributed by atoms with Crippen molar-refractivity contribution in [3.05, 3.63) is 34.9 Å². The zero-order valence-corrected chi connectivity index (χ0v) is 12.3. The van der Waals surface area contributed by atoms with Gasteiger partial charge < -0.3 is 10.6 Å². The number of likely N-dealkylation sites (tertiary alicyclic amines) is 1. The summed E-state index contributed by atoms with van der Waals surface area (Å²) < 4.78 is 0. The summed E-state index contributed by atoms with van der Waals surface area (Å²) in [5.74, 6) is 0.123. The molecule has 104 valence electrons. The summed E-state index contributed by atoms with van der Waals surface area (Å²) >= 11 is 6.26. The zero-order chi connectivity index (χ0) is 14.0. The van der Waals surface area contributed by atoms with Gasteiger partial charge in [-0.25, -0.2) is 0 Å². The molecule has 1 aliphatic rings. The summed E-state index contributed by atoms with van der Waals surface area (Å²) in [4.78, 5) is 14.5. The van der Waals surface area contributed by atoms with Crippen molar-refractivity contribution in [1.29, 1.82) is 0 Å². The van der Waals surface area contributed by atoms with E-state index in [0.29, 0.717) is 6.54 Å². The Bertz CT molecular complexity index is 473. The van der Waals surface area contributed by atoms with Gasteiger partial charge in [0.2, 0.25) is 5.91 Å². The average Bonchev–Trinajstić information content (AvgIpc) is 2.87. The van der Waals surface area contributed by atoms with Crippen molar-refractivity contribution in [1.82, 2.24) is 4.90 Å². The van der Waals surface area contributed by atoms with Crippen LogP contribution in [0.15, 0.2) is 24.3 Å². The molecule has 1 aromatic rings. The Hall–Kier alpha value is -1.06. The number of carbonyl (C=O) groups excluding carboxylic acids is 1. The molecule has 19 heavy (non-hydrogen) atoms. The first kappa shape index (κ1) is 14.4. The van der Waals surface area contributed by atoms with Gasteiger partial charge in [-0.15, -0.1) is 0 Å². The van der Waals surface area contributed by atoms with E-state index in [4.69, 9.17) is 17.3 Å². The fraction of sp³-hybridized carbons (Fsp3) is 0.533. The molecule has 0 aromatic heterocycles. The molecule has 1 saturated heterocycles. The molecular weight excluding hydrogens is 260 g/mol. The van der Waals surface area contributed by atoms with Gasteiger partial charge in [0.05, 0.1) is 11.5 Å². The van der Waals surface area contributed by atoms with Crippen LogP contribution in [0.1, 0.15) is 38.3 Å². The summed E-state index contributed by atoms with van der Waals surface area (Å²) in [6.07, 6.45) is 1.98. The van der Waals surface area contributed by atoms with Crippen LogP contribution in [0.5, 0.6) is 0 Å². The van der Waals surface area contributed by atoms with Gasteiger partial charge in [-0.05, 0) is 38.3 Å². The van der Waals surface area contributed by atoms with Crippen LogP contribution in [-0.4, -0.2) is 23.9 Å². The lowest BCUT2D eigenvalue weighted by Crippen LogP contribution is -2.44. The number of rotatable bonds is 3. The van der Waals surface area contributed by atoms with Gasteiger partial charge in [-0.3, -0.25) is 4.79 Å². The number of amides is 1. The van der Waals surface area contributed by atoms with Gasteiger partial charge in [-0.1, -0.05) is 29.8 Å². The maximum atomic E-state index is 12.6. The van der Waals surface area contributed by atoms with Gasteiger partial charge >= 0.3 is 0 Å². The zero-order valence-electron chi connectivity index (χ0n) is 11.5. The molecule has 0 bridgehead atoms. The molecule has 3 nitrogen and oxygen atoms in total. The second kappa shape index (κ2) is 5.51. The summed E-state index contributed by atoms with van der Waals surface area (Å²) in [7, 11) is 0. The van der Waals surface area contributed by atoms with Crippen LogP contribution in [0.3, 0.4) is 0 Å². The van der Waals surface area contributed by atoms with E-state index in [2.05, 4.69) is 0 Å². The lowest BCUT2D eigenvalue weighted by atomic mass is 9.91. The van der Waals surface area contributed by atoms with E-state index in [1.54, 1.807) is 0 Å². The third kappa shape index (κ3) is 2.77. The Labute approximate surface area is 119 Å². The molecule has 2 N–H and O–H groups in total. The summed E-state index contributed by atoms with van der Waals surface area (Å²) in [5.41, 5.74) is 6.25. The second-order valence-electron chi connectivity index (χ2n) is 5.77. The molecule has 1 amide bonds. The number of nitrogens with zero attached hydrogens (tertiary/aromatic N) is 1. The minimum Gasteiger partial charge on any atom is -0.335 e. The predicted molar refractivity (Wildman–Crippen MR) is 78.0 cm³/mol. The molecule has 1 unspecified atom stereocenters. The van der Waals surface area contributed by atoms with Crippen molar-refractivity contribution < 1.29 is 4.79 Å². The Kier molecular flexibility index (Phi) is 4.16. The van der Waals surface area contributed by atoms with Crippen molar-refractivity contribution >= 4 is 17.5 Å². The quantitative estimate of drug-likeness (QED) is 0.925. The Morgan fingerprint density at radius 2 is 2.16 bits per heavy atom. The van der Waals surface area contributed by atoms with Crippen molar-refractivity contribution in [3.8, 4) is 0 Å². The van der Waals surface area contributed by atoms with E-state index in [1.165, 1.54) is 0 Å². The average molecular weight is 281 g/mol.